The van der Waals surface area contributed by atoms with Gasteiger partial charge < -0.3 is 19.7 Å². The molecule has 0 radical (unpaired) electrons. The van der Waals surface area contributed by atoms with Crippen molar-refractivity contribution in [1.29, 1.82) is 0 Å². The van der Waals surface area contributed by atoms with E-state index in [0.29, 0.717) is 6.54 Å². The van der Waals surface area contributed by atoms with Gasteiger partial charge in [0.1, 0.15) is 16.9 Å². The Morgan fingerprint density at radius 3 is 2.75 bits per heavy atom. The predicted molar refractivity (Wildman–Crippen MR) is 127 cm³/mol. The number of hydrogen-bond acceptors (Lipinski definition) is 5. The van der Waals surface area contributed by atoms with Crippen molar-refractivity contribution in [2.45, 2.75) is 32.9 Å². The fraction of sp³-hybridized carbons (Fsp3) is 0.500. The fourth-order valence-corrected chi connectivity index (χ4v) is 3.57. The van der Waals surface area contributed by atoms with Crippen LogP contribution in [0.5, 0.6) is 5.75 Å². The van der Waals surface area contributed by atoms with E-state index in [0.717, 1.165) is 40.9 Å². The molecule has 8 heteroatoms. The molecule has 0 saturated heterocycles. The maximum Gasteiger partial charge on any atom is 0.193 e. The van der Waals surface area contributed by atoms with E-state index >= 15 is 0 Å². The molecule has 2 rings (SSSR count). The molecule has 0 aliphatic rings. The zero-order valence-electron chi connectivity index (χ0n) is 17.5. The lowest BCUT2D eigenvalue weighted by Crippen LogP contribution is -2.39. The van der Waals surface area contributed by atoms with Crippen LogP contribution >= 0.6 is 35.3 Å². The largest absolute Gasteiger partial charge is 0.496 e. The minimum atomic E-state index is 0. The lowest BCUT2D eigenvalue weighted by atomic mass is 10.1. The molecule has 1 unspecified atom stereocenters. The number of nitrogens with one attached hydrogen (secondary N) is 1. The lowest BCUT2D eigenvalue weighted by Gasteiger charge is -2.21. The average molecular weight is 518 g/mol. The summed E-state index contributed by atoms with van der Waals surface area (Å²) in [5.74, 6) is 1.78. The maximum absolute atomic E-state index is 5.40. The Morgan fingerprint density at radius 1 is 1.36 bits per heavy atom. The number of benzene rings is 1. The monoisotopic (exact) mass is 518 g/mol. The topological polar surface area (TPSA) is 59.0 Å². The summed E-state index contributed by atoms with van der Waals surface area (Å²) in [6, 6.07) is 6.33. The summed E-state index contributed by atoms with van der Waals surface area (Å²) in [6.07, 6.45) is 0.924. The first kappa shape index (κ1) is 24.6. The number of thiazole rings is 1. The molecule has 6 nitrogen and oxygen atoms in total. The highest BCUT2D eigenvalue weighted by Crippen LogP contribution is 2.21. The first-order valence-corrected chi connectivity index (χ1v) is 9.88. The summed E-state index contributed by atoms with van der Waals surface area (Å²) in [5, 5.41) is 6.49. The van der Waals surface area contributed by atoms with Gasteiger partial charge in [0.2, 0.25) is 0 Å². The van der Waals surface area contributed by atoms with Gasteiger partial charge in [-0.3, -0.25) is 4.99 Å². The summed E-state index contributed by atoms with van der Waals surface area (Å²) in [4.78, 5) is 11.1. The molecule has 2 aromatic rings. The van der Waals surface area contributed by atoms with Gasteiger partial charge >= 0.3 is 0 Å². The first-order chi connectivity index (χ1) is 13.0. The van der Waals surface area contributed by atoms with Crippen molar-refractivity contribution in [3.05, 3.63) is 45.4 Å². The summed E-state index contributed by atoms with van der Waals surface area (Å²) in [6.45, 7) is 5.55. The number of methoxy groups -OCH3 is 2. The zero-order valence-corrected chi connectivity index (χ0v) is 20.6. The highest BCUT2D eigenvalue weighted by molar-refractivity contribution is 14.0. The van der Waals surface area contributed by atoms with Gasteiger partial charge in [0, 0.05) is 33.1 Å². The number of guanidine groups is 1. The molecule has 1 N–H and O–H groups in total. The van der Waals surface area contributed by atoms with Crippen LogP contribution in [0.3, 0.4) is 0 Å². The summed E-state index contributed by atoms with van der Waals surface area (Å²) in [7, 11) is 7.22. The number of aromatic nitrogens is 1. The number of nitrogens with zero attached hydrogens (tertiary/aromatic N) is 3. The normalized spacial score (nSPS) is 12.3. The number of hydrogen-bond donors (Lipinski definition) is 1. The minimum absolute atomic E-state index is 0. The molecule has 0 bridgehead atoms. The van der Waals surface area contributed by atoms with E-state index in [9.17, 15) is 0 Å². The minimum Gasteiger partial charge on any atom is -0.496 e. The molecule has 1 heterocycles. The van der Waals surface area contributed by atoms with Crippen LogP contribution in [0, 0.1) is 6.92 Å². The molecule has 0 saturated carbocycles. The highest BCUT2D eigenvalue weighted by Gasteiger charge is 2.12. The smallest absolute Gasteiger partial charge is 0.193 e. The SMILES string of the molecule is CN=C(NCCc1ccc(C)c(OC)c1)N(C)Cc1csc(C(C)OC)n1.I. The third kappa shape index (κ3) is 6.89. The van der Waals surface area contributed by atoms with Crippen LogP contribution in [0.15, 0.2) is 28.6 Å². The van der Waals surface area contributed by atoms with Gasteiger partial charge in [0.25, 0.3) is 0 Å². The number of ether oxygens (including phenoxy) is 2. The Labute approximate surface area is 189 Å². The van der Waals surface area contributed by atoms with Gasteiger partial charge in [-0.1, -0.05) is 12.1 Å². The van der Waals surface area contributed by atoms with Crippen molar-refractivity contribution in [1.82, 2.24) is 15.2 Å². The lowest BCUT2D eigenvalue weighted by molar-refractivity contribution is 0.119. The molecule has 0 aliphatic carbocycles. The van der Waals surface area contributed by atoms with Gasteiger partial charge in [-0.15, -0.1) is 35.3 Å². The quantitative estimate of drug-likeness (QED) is 0.325. The molecular formula is C20H31IN4O2S. The highest BCUT2D eigenvalue weighted by atomic mass is 127. The van der Waals surface area contributed by atoms with E-state index in [-0.39, 0.29) is 30.1 Å². The number of halogens is 1. The van der Waals surface area contributed by atoms with Crippen LogP contribution in [0.25, 0.3) is 0 Å². The molecule has 1 aromatic heterocycles. The van der Waals surface area contributed by atoms with Crippen LogP contribution in [0.2, 0.25) is 0 Å². The summed E-state index contributed by atoms with van der Waals surface area (Å²) >= 11 is 1.63. The molecule has 156 valence electrons. The summed E-state index contributed by atoms with van der Waals surface area (Å²) < 4.78 is 10.7. The van der Waals surface area contributed by atoms with E-state index in [4.69, 9.17) is 9.47 Å². The van der Waals surface area contributed by atoms with Crippen LogP contribution in [0.4, 0.5) is 0 Å². The second kappa shape index (κ2) is 12.2. The predicted octanol–water partition coefficient (Wildman–Crippen LogP) is 4.04. The molecule has 1 atom stereocenters. The summed E-state index contributed by atoms with van der Waals surface area (Å²) in [5.41, 5.74) is 3.41. The van der Waals surface area contributed by atoms with E-state index in [1.807, 2.05) is 14.0 Å². The van der Waals surface area contributed by atoms with E-state index in [1.165, 1.54) is 5.56 Å². The van der Waals surface area contributed by atoms with Gasteiger partial charge in [-0.2, -0.15) is 0 Å². The first-order valence-electron chi connectivity index (χ1n) is 9.00. The van der Waals surface area contributed by atoms with Crippen LogP contribution < -0.4 is 10.1 Å². The van der Waals surface area contributed by atoms with E-state index < -0.39 is 0 Å². The Balaban J connectivity index is 0.00000392. The van der Waals surface area contributed by atoms with Gasteiger partial charge in [-0.25, -0.2) is 4.98 Å². The number of aliphatic imine (C=N–C) groups is 1. The second-order valence-electron chi connectivity index (χ2n) is 6.44. The third-order valence-electron chi connectivity index (χ3n) is 4.41. The Bertz CT molecular complexity index is 766. The van der Waals surface area contributed by atoms with Crippen molar-refractivity contribution in [3.8, 4) is 5.75 Å². The molecule has 0 fully saturated rings. The van der Waals surface area contributed by atoms with Gasteiger partial charge in [0.15, 0.2) is 5.96 Å². The van der Waals surface area contributed by atoms with Crippen molar-refractivity contribution < 1.29 is 9.47 Å². The van der Waals surface area contributed by atoms with E-state index in [1.54, 1.807) is 32.6 Å². The van der Waals surface area contributed by atoms with Crippen LogP contribution in [-0.2, 0) is 17.7 Å². The second-order valence-corrected chi connectivity index (χ2v) is 7.33. The molecule has 1 aromatic carbocycles. The van der Waals surface area contributed by atoms with Crippen LogP contribution in [0.1, 0.15) is 34.9 Å². The Kier molecular flexibility index (Phi) is 10.8. The molecule has 0 spiro atoms. The number of aryl methyl sites for hydroxylation is 1. The molecule has 28 heavy (non-hydrogen) atoms. The van der Waals surface area contributed by atoms with E-state index in [2.05, 4.69) is 50.7 Å². The van der Waals surface area contributed by atoms with Gasteiger partial charge in [-0.05, 0) is 37.5 Å². The van der Waals surface area contributed by atoms with Crippen LogP contribution in [-0.4, -0.2) is 50.7 Å². The fourth-order valence-electron chi connectivity index (χ4n) is 2.72. The van der Waals surface area contributed by atoms with Gasteiger partial charge in [0.05, 0.1) is 19.3 Å². The standard InChI is InChI=1S/C20H30N4O2S.HI/c1-14-7-8-16(11-18(14)26-6)9-10-22-20(21-3)24(4)12-17-13-27-19(23-17)15(2)25-5;/h7-8,11,13,15H,9-10,12H2,1-6H3,(H,21,22);1H. The zero-order chi connectivity index (χ0) is 19.8. The van der Waals surface area contributed by atoms with Crippen molar-refractivity contribution in [2.75, 3.05) is 34.9 Å². The third-order valence-corrected chi connectivity index (χ3v) is 5.47. The van der Waals surface area contributed by atoms with Crippen molar-refractivity contribution >= 4 is 41.3 Å². The maximum atomic E-state index is 5.40. The average Bonchev–Trinajstić information content (AvgIpc) is 3.14. The Morgan fingerprint density at radius 2 is 2.11 bits per heavy atom. The van der Waals surface area contributed by atoms with Crippen molar-refractivity contribution in [2.24, 2.45) is 4.99 Å². The molecular weight excluding hydrogens is 487 g/mol. The molecule has 0 aliphatic heterocycles. The molecule has 0 amide bonds. The van der Waals surface area contributed by atoms with Crippen molar-refractivity contribution in [3.63, 3.8) is 0 Å². The number of rotatable bonds is 8. The Hall–Kier alpha value is -1.39.